The number of imidazole rings is 1. The number of rotatable bonds is 6. The number of benzene rings is 1. The van der Waals surface area contributed by atoms with Crippen molar-refractivity contribution >= 4 is 28.8 Å². The highest BCUT2D eigenvalue weighted by molar-refractivity contribution is 7.99. The van der Waals surface area contributed by atoms with Gasteiger partial charge in [0.25, 0.3) is 0 Å². The molecule has 0 bridgehead atoms. The molecule has 1 heterocycles. The Morgan fingerprint density at radius 1 is 1.44 bits per heavy atom. The summed E-state index contributed by atoms with van der Waals surface area (Å²) in [5, 5.41) is 8.48. The SMILES string of the molecule is O=C(O)CCSCCc1nc2ccc(F)cc2[nH]1. The third-order valence-electron chi connectivity index (χ3n) is 2.44. The molecule has 0 aliphatic rings. The fourth-order valence-corrected chi connectivity index (χ4v) is 2.44. The van der Waals surface area contributed by atoms with E-state index in [1.54, 1.807) is 17.8 Å². The number of aromatic nitrogens is 2. The smallest absolute Gasteiger partial charge is 0.304 e. The number of halogens is 1. The van der Waals surface area contributed by atoms with Crippen LogP contribution in [-0.4, -0.2) is 32.5 Å². The highest BCUT2D eigenvalue weighted by Crippen LogP contribution is 2.14. The maximum Gasteiger partial charge on any atom is 0.304 e. The first kappa shape index (κ1) is 12.9. The number of carbonyl (C=O) groups is 1. The molecule has 0 aliphatic heterocycles. The Bertz CT molecular complexity index is 556. The van der Waals surface area contributed by atoms with Crippen molar-refractivity contribution in [2.75, 3.05) is 11.5 Å². The van der Waals surface area contributed by atoms with Crippen molar-refractivity contribution in [1.82, 2.24) is 9.97 Å². The molecule has 0 aliphatic carbocycles. The third kappa shape index (κ3) is 3.46. The lowest BCUT2D eigenvalue weighted by Crippen LogP contribution is -1.98. The maximum atomic E-state index is 13.0. The van der Waals surface area contributed by atoms with Gasteiger partial charge in [-0.05, 0) is 18.2 Å². The number of nitrogens with zero attached hydrogens (tertiary/aromatic N) is 1. The first-order valence-corrected chi connectivity index (χ1v) is 6.74. The van der Waals surface area contributed by atoms with E-state index in [1.165, 1.54) is 12.1 Å². The van der Waals surface area contributed by atoms with E-state index < -0.39 is 5.97 Å². The van der Waals surface area contributed by atoms with Gasteiger partial charge in [-0.25, -0.2) is 9.37 Å². The summed E-state index contributed by atoms with van der Waals surface area (Å²) < 4.78 is 13.0. The summed E-state index contributed by atoms with van der Waals surface area (Å²) in [7, 11) is 0. The van der Waals surface area contributed by atoms with E-state index in [0.717, 1.165) is 23.5 Å². The van der Waals surface area contributed by atoms with Gasteiger partial charge in [-0.1, -0.05) is 0 Å². The highest BCUT2D eigenvalue weighted by atomic mass is 32.2. The number of hydrogen-bond acceptors (Lipinski definition) is 3. The van der Waals surface area contributed by atoms with Gasteiger partial charge < -0.3 is 10.1 Å². The Hall–Kier alpha value is -1.56. The minimum absolute atomic E-state index is 0.177. The number of carboxylic acids is 1. The number of hydrogen-bond donors (Lipinski definition) is 2. The number of aryl methyl sites for hydroxylation is 1. The predicted molar refractivity (Wildman–Crippen MR) is 69.3 cm³/mol. The molecule has 0 saturated heterocycles. The zero-order valence-corrected chi connectivity index (χ0v) is 10.5. The second-order valence-electron chi connectivity index (χ2n) is 3.85. The van der Waals surface area contributed by atoms with Gasteiger partial charge >= 0.3 is 5.97 Å². The Kier molecular flexibility index (Phi) is 4.19. The van der Waals surface area contributed by atoms with E-state index in [1.807, 2.05) is 0 Å². The standard InChI is InChI=1S/C12H13FN2O2S/c13-8-1-2-9-10(7-8)15-11(14-9)3-5-18-6-4-12(16)17/h1-2,7H,3-6H2,(H,14,15)(H,16,17). The Labute approximate surface area is 108 Å². The minimum Gasteiger partial charge on any atom is -0.481 e. The number of aromatic amines is 1. The lowest BCUT2D eigenvalue weighted by molar-refractivity contribution is -0.136. The maximum absolute atomic E-state index is 13.0. The molecule has 2 rings (SSSR count). The van der Waals surface area contributed by atoms with E-state index in [4.69, 9.17) is 5.11 Å². The molecule has 0 saturated carbocycles. The van der Waals surface area contributed by atoms with Gasteiger partial charge in [-0.15, -0.1) is 0 Å². The molecule has 1 aromatic heterocycles. The van der Waals surface area contributed by atoms with Crippen molar-refractivity contribution in [2.24, 2.45) is 0 Å². The molecular weight excluding hydrogens is 255 g/mol. The summed E-state index contributed by atoms with van der Waals surface area (Å²) in [6, 6.07) is 4.44. The van der Waals surface area contributed by atoms with Crippen LogP contribution in [0.15, 0.2) is 18.2 Å². The summed E-state index contributed by atoms with van der Waals surface area (Å²) in [4.78, 5) is 17.7. The van der Waals surface area contributed by atoms with Gasteiger partial charge in [0, 0.05) is 17.9 Å². The zero-order valence-electron chi connectivity index (χ0n) is 9.65. The number of nitrogens with one attached hydrogen (secondary N) is 1. The van der Waals surface area contributed by atoms with E-state index >= 15 is 0 Å². The number of fused-ring (bicyclic) bond motifs is 1. The molecule has 0 amide bonds. The van der Waals surface area contributed by atoms with E-state index in [9.17, 15) is 9.18 Å². The van der Waals surface area contributed by atoms with Crippen molar-refractivity contribution in [3.8, 4) is 0 Å². The number of aliphatic carboxylic acids is 1. The second kappa shape index (κ2) is 5.86. The lowest BCUT2D eigenvalue weighted by atomic mass is 10.3. The average molecular weight is 268 g/mol. The number of H-pyrrole nitrogens is 1. The molecule has 18 heavy (non-hydrogen) atoms. The van der Waals surface area contributed by atoms with Crippen molar-refractivity contribution in [2.45, 2.75) is 12.8 Å². The van der Waals surface area contributed by atoms with Crippen molar-refractivity contribution in [3.05, 3.63) is 29.8 Å². The van der Waals surface area contributed by atoms with E-state index in [-0.39, 0.29) is 12.2 Å². The van der Waals surface area contributed by atoms with Crippen LogP contribution in [0.1, 0.15) is 12.2 Å². The van der Waals surface area contributed by atoms with Gasteiger partial charge in [0.1, 0.15) is 11.6 Å². The highest BCUT2D eigenvalue weighted by Gasteiger charge is 2.04. The quantitative estimate of drug-likeness (QED) is 0.790. The molecule has 0 fully saturated rings. The van der Waals surface area contributed by atoms with Crippen LogP contribution < -0.4 is 0 Å². The van der Waals surface area contributed by atoms with Crippen LogP contribution in [0.3, 0.4) is 0 Å². The number of thioether (sulfide) groups is 1. The third-order valence-corrected chi connectivity index (χ3v) is 3.42. The van der Waals surface area contributed by atoms with Crippen LogP contribution in [0.2, 0.25) is 0 Å². The van der Waals surface area contributed by atoms with Crippen molar-refractivity contribution in [1.29, 1.82) is 0 Å². The fraction of sp³-hybridized carbons (Fsp3) is 0.333. The molecule has 2 aromatic rings. The van der Waals surface area contributed by atoms with Crippen LogP contribution in [0, 0.1) is 5.82 Å². The molecule has 6 heteroatoms. The largest absolute Gasteiger partial charge is 0.481 e. The van der Waals surface area contributed by atoms with Crippen LogP contribution in [0.4, 0.5) is 4.39 Å². The molecule has 1 aromatic carbocycles. The predicted octanol–water partition coefficient (Wildman–Crippen LogP) is 2.45. The molecule has 0 unspecified atom stereocenters. The minimum atomic E-state index is -0.776. The van der Waals surface area contributed by atoms with Crippen molar-refractivity contribution in [3.63, 3.8) is 0 Å². The summed E-state index contributed by atoms with van der Waals surface area (Å²) in [5.41, 5.74) is 1.45. The first-order chi connectivity index (χ1) is 8.65. The molecule has 0 atom stereocenters. The zero-order chi connectivity index (χ0) is 13.0. The second-order valence-corrected chi connectivity index (χ2v) is 5.08. The fourth-order valence-electron chi connectivity index (χ4n) is 1.58. The van der Waals surface area contributed by atoms with Gasteiger partial charge in [-0.3, -0.25) is 4.79 Å². The molecule has 4 nitrogen and oxygen atoms in total. The molecular formula is C12H13FN2O2S. The van der Waals surface area contributed by atoms with Crippen LogP contribution in [0.5, 0.6) is 0 Å². The van der Waals surface area contributed by atoms with E-state index in [0.29, 0.717) is 11.3 Å². The van der Waals surface area contributed by atoms with Gasteiger partial charge in [-0.2, -0.15) is 11.8 Å². The van der Waals surface area contributed by atoms with Gasteiger partial charge in [0.15, 0.2) is 0 Å². The summed E-state index contributed by atoms with van der Waals surface area (Å²) in [6.45, 7) is 0. The first-order valence-electron chi connectivity index (χ1n) is 5.59. The molecule has 96 valence electrons. The topological polar surface area (TPSA) is 66.0 Å². The van der Waals surface area contributed by atoms with Crippen LogP contribution in [-0.2, 0) is 11.2 Å². The summed E-state index contributed by atoms with van der Waals surface area (Å²) in [5.74, 6) is 1.15. The lowest BCUT2D eigenvalue weighted by Gasteiger charge is -1.97. The molecule has 2 N–H and O–H groups in total. The normalized spacial score (nSPS) is 10.9. The van der Waals surface area contributed by atoms with Crippen molar-refractivity contribution < 1.29 is 14.3 Å². The molecule has 0 spiro atoms. The molecule has 0 radical (unpaired) electrons. The summed E-state index contributed by atoms with van der Waals surface area (Å²) in [6.07, 6.45) is 0.899. The van der Waals surface area contributed by atoms with Crippen LogP contribution >= 0.6 is 11.8 Å². The Morgan fingerprint density at radius 2 is 2.28 bits per heavy atom. The van der Waals surface area contributed by atoms with E-state index in [2.05, 4.69) is 9.97 Å². The summed E-state index contributed by atoms with van der Waals surface area (Å²) >= 11 is 1.57. The Balaban J connectivity index is 1.86. The monoisotopic (exact) mass is 268 g/mol. The average Bonchev–Trinajstić information content (AvgIpc) is 2.70. The van der Waals surface area contributed by atoms with Gasteiger partial charge in [0.05, 0.1) is 17.5 Å². The van der Waals surface area contributed by atoms with Gasteiger partial charge in [0.2, 0.25) is 0 Å². The van der Waals surface area contributed by atoms with Crippen LogP contribution in [0.25, 0.3) is 11.0 Å². The number of carboxylic acid groups (broad SMARTS) is 1. The Morgan fingerprint density at radius 3 is 3.06 bits per heavy atom.